The topological polar surface area (TPSA) is 61.9 Å². The van der Waals surface area contributed by atoms with Crippen LogP contribution >= 0.6 is 0 Å². The van der Waals surface area contributed by atoms with Gasteiger partial charge in [-0.15, -0.1) is 0 Å². The van der Waals surface area contributed by atoms with Crippen LogP contribution in [0.1, 0.15) is 36.5 Å². The van der Waals surface area contributed by atoms with Gasteiger partial charge in [0.2, 0.25) is 5.95 Å². The Morgan fingerprint density at radius 3 is 2.20 bits per heavy atom. The Labute approximate surface area is 145 Å². The lowest BCUT2D eigenvalue weighted by molar-refractivity contribution is -0.137. The van der Waals surface area contributed by atoms with Gasteiger partial charge in [-0.3, -0.25) is 0 Å². The zero-order valence-electron chi connectivity index (χ0n) is 14.8. The molecule has 0 amide bonds. The Morgan fingerprint density at radius 2 is 1.68 bits per heavy atom. The van der Waals surface area contributed by atoms with Gasteiger partial charge >= 0.3 is 6.18 Å². The smallest absolute Gasteiger partial charge is 0.388 e. The highest BCUT2D eigenvalue weighted by Crippen LogP contribution is 2.35. The fraction of sp³-hybridized carbons (Fsp3) is 0.412. The lowest BCUT2D eigenvalue weighted by atomic mass is 9.99. The van der Waals surface area contributed by atoms with Gasteiger partial charge < -0.3 is 16.0 Å². The molecular formula is C17H22F3N5. The molecule has 0 unspecified atom stereocenters. The first-order valence-electron chi connectivity index (χ1n) is 7.88. The minimum absolute atomic E-state index is 0.100. The minimum Gasteiger partial charge on any atom is -0.388 e. The second-order valence-electron chi connectivity index (χ2n) is 5.97. The van der Waals surface area contributed by atoms with Crippen LogP contribution in [0, 0.1) is 6.92 Å². The average Bonchev–Trinajstić information content (AvgIpc) is 2.55. The molecule has 0 radical (unpaired) electrons. The average molecular weight is 353 g/mol. The number of nitrogens with one attached hydrogen (secondary N) is 3. The molecule has 0 saturated heterocycles. The van der Waals surface area contributed by atoms with E-state index in [0.717, 1.165) is 28.7 Å². The predicted octanol–water partition coefficient (Wildman–Crippen LogP) is 4.75. The lowest BCUT2D eigenvalue weighted by Gasteiger charge is -2.18. The minimum atomic E-state index is -4.51. The molecule has 0 aliphatic carbocycles. The standard InChI is InChI=1S/C17H22F3N5/c1-9(2)11-6-13(21-4)10(3)14(7-11)24-16-23-8-12(17(18,19)20)15(22-5)25-16/h6-9,21H,1-5H3,(H2,22,23,24,25). The van der Waals surface area contributed by atoms with Crippen LogP contribution in [0.15, 0.2) is 18.3 Å². The second-order valence-corrected chi connectivity index (χ2v) is 5.97. The second kappa shape index (κ2) is 7.16. The van der Waals surface area contributed by atoms with Crippen molar-refractivity contribution in [2.24, 2.45) is 0 Å². The quantitative estimate of drug-likeness (QED) is 0.724. The molecule has 0 aliphatic heterocycles. The summed E-state index contributed by atoms with van der Waals surface area (Å²) in [5.41, 5.74) is 2.82. The molecule has 2 aromatic rings. The third-order valence-electron chi connectivity index (χ3n) is 3.94. The van der Waals surface area contributed by atoms with E-state index < -0.39 is 11.7 Å². The van der Waals surface area contributed by atoms with Crippen LogP contribution in [0.25, 0.3) is 0 Å². The molecule has 1 aromatic carbocycles. The number of aromatic nitrogens is 2. The van der Waals surface area contributed by atoms with E-state index in [-0.39, 0.29) is 11.8 Å². The van der Waals surface area contributed by atoms with Gasteiger partial charge in [0.05, 0.1) is 0 Å². The third kappa shape index (κ3) is 4.12. The molecule has 0 spiro atoms. The van der Waals surface area contributed by atoms with E-state index in [1.54, 1.807) is 0 Å². The van der Waals surface area contributed by atoms with Gasteiger partial charge in [-0.05, 0) is 36.1 Å². The number of hydrogen-bond acceptors (Lipinski definition) is 5. The van der Waals surface area contributed by atoms with Crippen molar-refractivity contribution in [2.45, 2.75) is 32.9 Å². The van der Waals surface area contributed by atoms with Crippen LogP contribution in [-0.2, 0) is 6.18 Å². The molecule has 0 atom stereocenters. The van der Waals surface area contributed by atoms with E-state index in [0.29, 0.717) is 5.92 Å². The van der Waals surface area contributed by atoms with Gasteiger partial charge in [0.25, 0.3) is 0 Å². The zero-order valence-corrected chi connectivity index (χ0v) is 14.8. The monoisotopic (exact) mass is 353 g/mol. The molecular weight excluding hydrogens is 331 g/mol. The molecule has 5 nitrogen and oxygen atoms in total. The molecule has 1 heterocycles. The van der Waals surface area contributed by atoms with Crippen molar-refractivity contribution in [1.29, 1.82) is 0 Å². The van der Waals surface area contributed by atoms with E-state index in [9.17, 15) is 13.2 Å². The summed E-state index contributed by atoms with van der Waals surface area (Å²) in [6, 6.07) is 4.01. The van der Waals surface area contributed by atoms with Crippen molar-refractivity contribution in [3.05, 3.63) is 35.0 Å². The molecule has 8 heteroatoms. The Balaban J connectivity index is 2.44. The number of hydrogen-bond donors (Lipinski definition) is 3. The summed E-state index contributed by atoms with van der Waals surface area (Å²) in [5, 5.41) is 8.62. The van der Waals surface area contributed by atoms with Gasteiger partial charge in [-0.1, -0.05) is 13.8 Å². The maximum absolute atomic E-state index is 12.9. The largest absolute Gasteiger partial charge is 0.421 e. The summed E-state index contributed by atoms with van der Waals surface area (Å²) < 4.78 is 38.8. The summed E-state index contributed by atoms with van der Waals surface area (Å²) in [6.07, 6.45) is -3.73. The number of alkyl halides is 3. The molecule has 2 rings (SSSR count). The molecule has 0 bridgehead atoms. The van der Waals surface area contributed by atoms with Crippen molar-refractivity contribution >= 4 is 23.1 Å². The first kappa shape index (κ1) is 18.8. The number of anilines is 4. The van der Waals surface area contributed by atoms with Gasteiger partial charge in [0, 0.05) is 31.7 Å². The SMILES string of the molecule is CNc1cc(C(C)C)cc(Nc2ncc(C(F)(F)F)c(NC)n2)c1C. The fourth-order valence-electron chi connectivity index (χ4n) is 2.42. The van der Waals surface area contributed by atoms with Crippen LogP contribution in [-0.4, -0.2) is 24.1 Å². The van der Waals surface area contributed by atoms with Crippen LogP contribution in [0.2, 0.25) is 0 Å². The fourth-order valence-corrected chi connectivity index (χ4v) is 2.42. The highest BCUT2D eigenvalue weighted by Gasteiger charge is 2.35. The Bertz CT molecular complexity index is 757. The van der Waals surface area contributed by atoms with Crippen LogP contribution < -0.4 is 16.0 Å². The van der Waals surface area contributed by atoms with Crippen molar-refractivity contribution in [2.75, 3.05) is 30.0 Å². The molecule has 25 heavy (non-hydrogen) atoms. The maximum Gasteiger partial charge on any atom is 0.421 e. The maximum atomic E-state index is 12.9. The Morgan fingerprint density at radius 1 is 1.04 bits per heavy atom. The molecule has 0 aliphatic rings. The third-order valence-corrected chi connectivity index (χ3v) is 3.94. The first-order valence-corrected chi connectivity index (χ1v) is 7.88. The van der Waals surface area contributed by atoms with Gasteiger partial charge in [-0.25, -0.2) is 4.98 Å². The normalized spacial score (nSPS) is 11.6. The summed E-state index contributed by atoms with van der Waals surface area (Å²) in [6.45, 7) is 6.06. The van der Waals surface area contributed by atoms with Crippen LogP contribution in [0.4, 0.5) is 36.3 Å². The number of rotatable bonds is 5. The molecule has 1 aromatic heterocycles. The summed E-state index contributed by atoms with van der Waals surface area (Å²) in [7, 11) is 3.22. The van der Waals surface area contributed by atoms with Gasteiger partial charge in [0.1, 0.15) is 11.4 Å². The van der Waals surface area contributed by atoms with Crippen molar-refractivity contribution in [1.82, 2.24) is 9.97 Å². The van der Waals surface area contributed by atoms with Crippen molar-refractivity contribution < 1.29 is 13.2 Å². The predicted molar refractivity (Wildman–Crippen MR) is 94.7 cm³/mol. The van der Waals surface area contributed by atoms with E-state index >= 15 is 0 Å². The lowest BCUT2D eigenvalue weighted by Crippen LogP contribution is -2.13. The number of benzene rings is 1. The van der Waals surface area contributed by atoms with Gasteiger partial charge in [0.15, 0.2) is 0 Å². The molecule has 0 saturated carbocycles. The van der Waals surface area contributed by atoms with E-state index in [4.69, 9.17) is 0 Å². The zero-order chi connectivity index (χ0) is 18.8. The summed E-state index contributed by atoms with van der Waals surface area (Å²) >= 11 is 0. The van der Waals surface area contributed by atoms with Crippen molar-refractivity contribution in [3.8, 4) is 0 Å². The first-order chi connectivity index (χ1) is 11.7. The van der Waals surface area contributed by atoms with Crippen LogP contribution in [0.5, 0.6) is 0 Å². The highest BCUT2D eigenvalue weighted by molar-refractivity contribution is 5.70. The summed E-state index contributed by atoms with van der Waals surface area (Å²) in [5.74, 6) is 0.134. The van der Waals surface area contributed by atoms with E-state index in [2.05, 4.69) is 45.8 Å². The van der Waals surface area contributed by atoms with Crippen molar-refractivity contribution in [3.63, 3.8) is 0 Å². The van der Waals surface area contributed by atoms with E-state index in [1.165, 1.54) is 7.05 Å². The summed E-state index contributed by atoms with van der Waals surface area (Å²) in [4.78, 5) is 7.77. The Hall–Kier alpha value is -2.51. The number of nitrogens with zero attached hydrogens (tertiary/aromatic N) is 2. The molecule has 136 valence electrons. The van der Waals surface area contributed by atoms with Crippen LogP contribution in [0.3, 0.4) is 0 Å². The highest BCUT2D eigenvalue weighted by atomic mass is 19.4. The van der Waals surface area contributed by atoms with E-state index in [1.807, 2.05) is 20.0 Å². The molecule has 0 fully saturated rings. The molecule has 3 N–H and O–H groups in total. The number of halogens is 3. The Kier molecular flexibility index (Phi) is 5.39. The van der Waals surface area contributed by atoms with Gasteiger partial charge in [-0.2, -0.15) is 18.2 Å².